The van der Waals surface area contributed by atoms with E-state index in [1.165, 1.54) is 141 Å². The van der Waals surface area contributed by atoms with E-state index in [2.05, 4.69) is 50.4 Å². The van der Waals surface area contributed by atoms with Crippen LogP contribution in [0.15, 0.2) is 36.5 Å². The Morgan fingerprint density at radius 2 is 0.930 bits per heavy atom. The molecule has 0 aliphatic carbocycles. The lowest BCUT2D eigenvalue weighted by atomic mass is 9.99. The number of hydrogen-bond acceptors (Lipinski definition) is 10. The average Bonchev–Trinajstić information content (AvgIpc) is 3.37. The highest BCUT2D eigenvalue weighted by Crippen LogP contribution is 2.26. The molecule has 8 atom stereocenters. The Morgan fingerprint density at radius 3 is 1.38 bits per heavy atom. The maximum Gasteiger partial charge on any atom is 0.306 e. The van der Waals surface area contributed by atoms with Gasteiger partial charge in [0.1, 0.15) is 24.4 Å². The number of rotatable bonds is 50. The van der Waals surface area contributed by atoms with Gasteiger partial charge in [0.05, 0.1) is 25.4 Å². The Labute approximate surface area is 434 Å². The van der Waals surface area contributed by atoms with Gasteiger partial charge in [0.2, 0.25) is 5.91 Å². The third-order valence-corrected chi connectivity index (χ3v) is 14.0. The van der Waals surface area contributed by atoms with Crippen LogP contribution in [0.3, 0.4) is 0 Å². The van der Waals surface area contributed by atoms with E-state index in [9.17, 15) is 35.1 Å². The normalized spacial score (nSPS) is 19.8. The molecule has 1 heterocycles. The highest BCUT2D eigenvalue weighted by molar-refractivity contribution is 5.80. The standard InChI is InChI=1S/C60H111NO10/c1-4-7-10-13-16-19-22-24-26-28-29-32-35-38-41-44-47-53(64)59(68)61-51(52(63)46-43-40-37-34-31-21-18-15-12-9-6-3)50-69-60-58(57(67)56(66)54(49-62)70-60)71-55(65)48-45-42-39-36-33-30-27-25-23-20-17-14-11-8-5-2/h20,23-24,26,43,46,51-54,56-58,60,62-64,66-67H,4-19,21-22,25,27-42,44-45,47-50H2,1-3H3,(H,61,68)/b23-20-,26-24+,46-43+. The zero-order valence-electron chi connectivity index (χ0n) is 45.9. The second kappa shape index (κ2) is 48.8. The molecule has 0 bridgehead atoms. The molecule has 1 aliphatic rings. The smallest absolute Gasteiger partial charge is 0.306 e. The molecule has 6 N–H and O–H groups in total. The molecule has 11 heteroatoms. The molecule has 0 aromatic heterocycles. The van der Waals surface area contributed by atoms with Gasteiger partial charge in [-0.2, -0.15) is 0 Å². The van der Waals surface area contributed by atoms with Gasteiger partial charge in [-0.05, 0) is 77.0 Å². The fourth-order valence-electron chi connectivity index (χ4n) is 9.23. The lowest BCUT2D eigenvalue weighted by Gasteiger charge is -2.41. The molecule has 8 unspecified atom stereocenters. The third kappa shape index (κ3) is 37.3. The number of allylic oxidation sites excluding steroid dienone is 5. The summed E-state index contributed by atoms with van der Waals surface area (Å²) in [5.74, 6) is -1.20. The molecule has 1 fully saturated rings. The minimum atomic E-state index is -1.61. The summed E-state index contributed by atoms with van der Waals surface area (Å²) in [6, 6.07) is -1.02. The Morgan fingerprint density at radius 1 is 0.535 bits per heavy atom. The van der Waals surface area contributed by atoms with Gasteiger partial charge >= 0.3 is 5.97 Å². The van der Waals surface area contributed by atoms with Crippen LogP contribution in [0.2, 0.25) is 0 Å². The van der Waals surface area contributed by atoms with Crippen molar-refractivity contribution in [3.63, 3.8) is 0 Å². The largest absolute Gasteiger partial charge is 0.454 e. The SMILES string of the molecule is CCCCCC/C=C\CCCCCCCCCC(=O)OC1C(OCC(NC(=O)C(O)CCCCCCCC/C=C/CCCCCCCC)C(O)/C=C/CCCCCCCCCCC)OC(CO)C(O)C1O. The number of nitrogens with one attached hydrogen (secondary N) is 1. The molecule has 1 saturated heterocycles. The number of aliphatic hydroxyl groups is 5. The first-order chi connectivity index (χ1) is 34.7. The van der Waals surface area contributed by atoms with Gasteiger partial charge in [0.25, 0.3) is 0 Å². The van der Waals surface area contributed by atoms with Crippen LogP contribution in [0.25, 0.3) is 0 Å². The van der Waals surface area contributed by atoms with Gasteiger partial charge in [-0.3, -0.25) is 9.59 Å². The fourth-order valence-corrected chi connectivity index (χ4v) is 9.23. The predicted octanol–water partition coefficient (Wildman–Crippen LogP) is 13.5. The van der Waals surface area contributed by atoms with Crippen LogP contribution in [0.5, 0.6) is 0 Å². The molecule has 0 aromatic rings. The molecule has 0 aromatic carbocycles. The van der Waals surface area contributed by atoms with E-state index in [0.717, 1.165) is 83.5 Å². The van der Waals surface area contributed by atoms with Crippen molar-refractivity contribution in [2.24, 2.45) is 0 Å². The molecule has 1 amide bonds. The van der Waals surface area contributed by atoms with Gasteiger partial charge in [0, 0.05) is 6.42 Å². The molecule has 0 spiro atoms. The number of unbranched alkanes of at least 4 members (excludes halogenated alkanes) is 32. The van der Waals surface area contributed by atoms with E-state index in [4.69, 9.17) is 14.2 Å². The monoisotopic (exact) mass is 1010 g/mol. The van der Waals surface area contributed by atoms with E-state index in [-0.39, 0.29) is 19.4 Å². The van der Waals surface area contributed by atoms with Crippen molar-refractivity contribution in [3.05, 3.63) is 36.5 Å². The van der Waals surface area contributed by atoms with Crippen LogP contribution in [0, 0.1) is 0 Å². The second-order valence-electron chi connectivity index (χ2n) is 20.7. The van der Waals surface area contributed by atoms with Crippen molar-refractivity contribution in [3.8, 4) is 0 Å². The van der Waals surface area contributed by atoms with Crippen LogP contribution in [-0.4, -0.2) is 99.6 Å². The highest BCUT2D eigenvalue weighted by Gasteiger charge is 2.47. The quantitative estimate of drug-likeness (QED) is 0.0195. The van der Waals surface area contributed by atoms with Gasteiger partial charge in [-0.25, -0.2) is 0 Å². The predicted molar refractivity (Wildman–Crippen MR) is 292 cm³/mol. The van der Waals surface area contributed by atoms with Crippen molar-refractivity contribution in [2.45, 2.75) is 320 Å². The summed E-state index contributed by atoms with van der Waals surface area (Å²) in [5.41, 5.74) is 0. The highest BCUT2D eigenvalue weighted by atomic mass is 16.7. The molecule has 1 aliphatic heterocycles. The lowest BCUT2D eigenvalue weighted by molar-refractivity contribution is -0.305. The van der Waals surface area contributed by atoms with Crippen molar-refractivity contribution in [1.82, 2.24) is 5.32 Å². The maximum atomic E-state index is 13.4. The summed E-state index contributed by atoms with van der Waals surface area (Å²) in [6.45, 7) is 5.76. The summed E-state index contributed by atoms with van der Waals surface area (Å²) in [5, 5.41) is 56.8. The number of carbonyl (C=O) groups excluding carboxylic acids is 2. The van der Waals surface area contributed by atoms with Crippen molar-refractivity contribution in [2.75, 3.05) is 13.2 Å². The Kier molecular flexibility index (Phi) is 46.0. The summed E-state index contributed by atoms with van der Waals surface area (Å²) < 4.78 is 17.6. The lowest BCUT2D eigenvalue weighted by Crippen LogP contribution is -2.61. The van der Waals surface area contributed by atoms with E-state index in [0.29, 0.717) is 12.8 Å². The zero-order chi connectivity index (χ0) is 51.8. The number of hydrogen-bond donors (Lipinski definition) is 6. The minimum Gasteiger partial charge on any atom is -0.454 e. The molecule has 11 nitrogen and oxygen atoms in total. The summed E-state index contributed by atoms with van der Waals surface area (Å²) in [6.07, 6.45) is 46.1. The zero-order valence-corrected chi connectivity index (χ0v) is 45.9. The van der Waals surface area contributed by atoms with E-state index in [1.54, 1.807) is 6.08 Å². The van der Waals surface area contributed by atoms with Crippen molar-refractivity contribution in [1.29, 1.82) is 0 Å². The van der Waals surface area contributed by atoms with Gasteiger partial charge in [0.15, 0.2) is 12.4 Å². The number of ether oxygens (including phenoxy) is 3. The number of esters is 1. The Balaban J connectivity index is 2.70. The Bertz CT molecular complexity index is 1290. The summed E-state index contributed by atoms with van der Waals surface area (Å²) >= 11 is 0. The molecule has 0 radical (unpaired) electrons. The number of carbonyl (C=O) groups is 2. The first-order valence-electron chi connectivity index (χ1n) is 29.8. The number of amides is 1. The topological polar surface area (TPSA) is 175 Å². The molecular formula is C60H111NO10. The van der Waals surface area contributed by atoms with E-state index < -0.39 is 67.4 Å². The first kappa shape index (κ1) is 66.9. The fraction of sp³-hybridized carbons (Fsp3) is 0.867. The van der Waals surface area contributed by atoms with Crippen LogP contribution < -0.4 is 5.32 Å². The molecule has 416 valence electrons. The van der Waals surface area contributed by atoms with E-state index in [1.807, 2.05) is 6.08 Å². The van der Waals surface area contributed by atoms with Crippen LogP contribution in [-0.2, 0) is 23.8 Å². The van der Waals surface area contributed by atoms with Gasteiger partial charge in [-0.1, -0.05) is 224 Å². The summed E-state index contributed by atoms with van der Waals surface area (Å²) in [7, 11) is 0. The van der Waals surface area contributed by atoms with Gasteiger partial charge in [-0.15, -0.1) is 0 Å². The summed E-state index contributed by atoms with van der Waals surface area (Å²) in [4.78, 5) is 26.5. The molecule has 1 rings (SSSR count). The van der Waals surface area contributed by atoms with Crippen molar-refractivity contribution >= 4 is 11.9 Å². The van der Waals surface area contributed by atoms with Crippen LogP contribution in [0.1, 0.15) is 271 Å². The molecular weight excluding hydrogens is 895 g/mol. The minimum absolute atomic E-state index is 0.120. The third-order valence-electron chi connectivity index (χ3n) is 14.0. The number of aliphatic hydroxyl groups excluding tert-OH is 5. The average molecular weight is 1010 g/mol. The van der Waals surface area contributed by atoms with Crippen molar-refractivity contribution < 1.29 is 49.3 Å². The van der Waals surface area contributed by atoms with E-state index >= 15 is 0 Å². The molecule has 71 heavy (non-hydrogen) atoms. The van der Waals surface area contributed by atoms with Gasteiger partial charge < -0.3 is 45.1 Å². The Hall–Kier alpha value is -2.12. The molecule has 0 saturated carbocycles. The van der Waals surface area contributed by atoms with Crippen LogP contribution >= 0.6 is 0 Å². The first-order valence-corrected chi connectivity index (χ1v) is 29.8. The second-order valence-corrected chi connectivity index (χ2v) is 20.7. The maximum absolute atomic E-state index is 13.4. The van der Waals surface area contributed by atoms with Crippen LogP contribution in [0.4, 0.5) is 0 Å².